The van der Waals surface area contributed by atoms with Gasteiger partial charge in [-0.15, -0.1) is 0 Å². The Balaban J connectivity index is 2.63. The number of hydrogen-bond donors (Lipinski definition) is 1. The summed E-state index contributed by atoms with van der Waals surface area (Å²) < 4.78 is 0. The van der Waals surface area contributed by atoms with Crippen molar-refractivity contribution in [3.63, 3.8) is 0 Å². The summed E-state index contributed by atoms with van der Waals surface area (Å²) in [6.07, 6.45) is 1.30. The Kier molecular flexibility index (Phi) is 1.35. The zero-order valence-corrected chi connectivity index (χ0v) is 5.85. The third-order valence-corrected chi connectivity index (χ3v) is 2.29. The molecule has 0 aromatic heterocycles. The molecule has 1 atom stereocenters. The van der Waals surface area contributed by atoms with E-state index in [1.165, 1.54) is 0 Å². The van der Waals surface area contributed by atoms with Gasteiger partial charge in [-0.3, -0.25) is 4.79 Å². The van der Waals surface area contributed by atoms with E-state index < -0.39 is 6.10 Å². The van der Waals surface area contributed by atoms with Crippen molar-refractivity contribution in [2.24, 2.45) is 5.41 Å². The average molecular weight is 128 g/mol. The first-order valence-corrected chi connectivity index (χ1v) is 3.29. The summed E-state index contributed by atoms with van der Waals surface area (Å²) in [5.41, 5.74) is -0.333. The highest BCUT2D eigenvalue weighted by Crippen LogP contribution is 2.49. The zero-order valence-electron chi connectivity index (χ0n) is 5.85. The third kappa shape index (κ3) is 0.874. The van der Waals surface area contributed by atoms with Crippen molar-refractivity contribution < 1.29 is 9.90 Å². The molecule has 0 aliphatic heterocycles. The number of aliphatic hydroxyl groups is 1. The molecule has 1 saturated carbocycles. The van der Waals surface area contributed by atoms with Crippen LogP contribution in [0.1, 0.15) is 26.7 Å². The highest BCUT2D eigenvalue weighted by atomic mass is 16.3. The molecule has 0 bridgehead atoms. The molecule has 1 fully saturated rings. The first kappa shape index (κ1) is 6.75. The minimum Gasteiger partial charge on any atom is -0.392 e. The van der Waals surface area contributed by atoms with Crippen LogP contribution in [0.2, 0.25) is 0 Å². The summed E-state index contributed by atoms with van der Waals surface area (Å²) in [6, 6.07) is 0. The first-order chi connectivity index (χ1) is 4.09. The number of Topliss-reactive ketones (excluding diaryl/α,β-unsaturated/α-hetero) is 1. The SMILES string of the molecule is CC(=O)C1(C(C)O)CC1. The molecular weight excluding hydrogens is 116 g/mol. The van der Waals surface area contributed by atoms with Gasteiger partial charge in [-0.25, -0.2) is 0 Å². The summed E-state index contributed by atoms with van der Waals surface area (Å²) in [5.74, 6) is 0.137. The van der Waals surface area contributed by atoms with Gasteiger partial charge in [0.15, 0.2) is 0 Å². The van der Waals surface area contributed by atoms with Crippen molar-refractivity contribution in [2.45, 2.75) is 32.8 Å². The molecule has 0 aromatic rings. The van der Waals surface area contributed by atoms with E-state index in [4.69, 9.17) is 5.11 Å². The Morgan fingerprint density at radius 3 is 2.11 bits per heavy atom. The van der Waals surface area contributed by atoms with E-state index in [1.807, 2.05) is 0 Å². The van der Waals surface area contributed by atoms with E-state index in [9.17, 15) is 4.79 Å². The molecule has 1 aliphatic carbocycles. The smallest absolute Gasteiger partial charge is 0.138 e. The molecule has 0 amide bonds. The standard InChI is InChI=1S/C7H12O2/c1-5(8)7(3-4-7)6(2)9/h5,8H,3-4H2,1-2H3. The van der Waals surface area contributed by atoms with Crippen molar-refractivity contribution in [1.82, 2.24) is 0 Å². The van der Waals surface area contributed by atoms with Gasteiger partial charge in [0, 0.05) is 0 Å². The fourth-order valence-corrected chi connectivity index (χ4v) is 1.20. The van der Waals surface area contributed by atoms with Gasteiger partial charge in [0.05, 0.1) is 11.5 Å². The molecule has 0 heterocycles. The van der Waals surface area contributed by atoms with Crippen LogP contribution in [0.5, 0.6) is 0 Å². The molecule has 0 aromatic carbocycles. The molecule has 1 aliphatic rings. The van der Waals surface area contributed by atoms with Gasteiger partial charge in [0.2, 0.25) is 0 Å². The molecule has 0 radical (unpaired) electrons. The van der Waals surface area contributed by atoms with Crippen LogP contribution in [0, 0.1) is 5.41 Å². The lowest BCUT2D eigenvalue weighted by Crippen LogP contribution is -2.25. The molecule has 1 rings (SSSR count). The van der Waals surface area contributed by atoms with Crippen LogP contribution in [0.15, 0.2) is 0 Å². The molecule has 0 spiro atoms. The lowest BCUT2D eigenvalue weighted by molar-refractivity contribution is -0.125. The van der Waals surface area contributed by atoms with Gasteiger partial charge in [-0.1, -0.05) is 0 Å². The van der Waals surface area contributed by atoms with E-state index in [0.717, 1.165) is 12.8 Å². The van der Waals surface area contributed by atoms with Crippen LogP contribution in [-0.2, 0) is 4.79 Å². The van der Waals surface area contributed by atoms with Gasteiger partial charge in [0.1, 0.15) is 5.78 Å². The second-order valence-electron chi connectivity index (χ2n) is 2.89. The summed E-state index contributed by atoms with van der Waals surface area (Å²) in [6.45, 7) is 3.24. The van der Waals surface area contributed by atoms with Crippen molar-refractivity contribution >= 4 is 5.78 Å². The van der Waals surface area contributed by atoms with Crippen LogP contribution in [0.25, 0.3) is 0 Å². The summed E-state index contributed by atoms with van der Waals surface area (Å²) in [7, 11) is 0. The van der Waals surface area contributed by atoms with Crippen molar-refractivity contribution in [1.29, 1.82) is 0 Å². The molecule has 1 unspecified atom stereocenters. The highest BCUT2D eigenvalue weighted by Gasteiger charge is 2.51. The maximum atomic E-state index is 10.8. The van der Waals surface area contributed by atoms with Gasteiger partial charge >= 0.3 is 0 Å². The topological polar surface area (TPSA) is 37.3 Å². The Bertz CT molecular complexity index is 134. The number of ketones is 1. The number of carbonyl (C=O) groups is 1. The Morgan fingerprint density at radius 2 is 2.11 bits per heavy atom. The van der Waals surface area contributed by atoms with Crippen LogP contribution < -0.4 is 0 Å². The van der Waals surface area contributed by atoms with Crippen LogP contribution in [-0.4, -0.2) is 17.0 Å². The van der Waals surface area contributed by atoms with E-state index in [1.54, 1.807) is 13.8 Å². The monoisotopic (exact) mass is 128 g/mol. The van der Waals surface area contributed by atoms with Crippen molar-refractivity contribution in [3.8, 4) is 0 Å². The fourth-order valence-electron chi connectivity index (χ4n) is 1.20. The van der Waals surface area contributed by atoms with Gasteiger partial charge in [-0.2, -0.15) is 0 Å². The fraction of sp³-hybridized carbons (Fsp3) is 0.857. The van der Waals surface area contributed by atoms with Crippen molar-refractivity contribution in [3.05, 3.63) is 0 Å². The second kappa shape index (κ2) is 1.81. The number of aliphatic hydroxyl groups excluding tert-OH is 1. The van der Waals surface area contributed by atoms with E-state index in [-0.39, 0.29) is 11.2 Å². The number of rotatable bonds is 2. The molecule has 2 heteroatoms. The molecule has 1 N–H and O–H groups in total. The minimum atomic E-state index is -0.449. The van der Waals surface area contributed by atoms with E-state index >= 15 is 0 Å². The highest BCUT2D eigenvalue weighted by molar-refractivity contribution is 5.85. The van der Waals surface area contributed by atoms with E-state index in [2.05, 4.69) is 0 Å². The van der Waals surface area contributed by atoms with Crippen LogP contribution in [0.3, 0.4) is 0 Å². The molecular formula is C7H12O2. The minimum absolute atomic E-state index is 0.137. The largest absolute Gasteiger partial charge is 0.392 e. The average Bonchev–Trinajstić information content (AvgIpc) is 2.40. The Morgan fingerprint density at radius 1 is 1.67 bits per heavy atom. The van der Waals surface area contributed by atoms with Crippen LogP contribution in [0.4, 0.5) is 0 Å². The Labute approximate surface area is 54.9 Å². The predicted molar refractivity (Wildman–Crippen MR) is 34.0 cm³/mol. The maximum absolute atomic E-state index is 10.8. The van der Waals surface area contributed by atoms with E-state index in [0.29, 0.717) is 0 Å². The van der Waals surface area contributed by atoms with Gasteiger partial charge in [0.25, 0.3) is 0 Å². The predicted octanol–water partition coefficient (Wildman–Crippen LogP) is 0.736. The normalized spacial score (nSPS) is 25.2. The summed E-state index contributed by atoms with van der Waals surface area (Å²) in [5, 5.41) is 9.09. The molecule has 9 heavy (non-hydrogen) atoms. The third-order valence-electron chi connectivity index (χ3n) is 2.29. The lowest BCUT2D eigenvalue weighted by atomic mass is 9.96. The van der Waals surface area contributed by atoms with Crippen LogP contribution >= 0.6 is 0 Å². The summed E-state index contributed by atoms with van der Waals surface area (Å²) >= 11 is 0. The Hall–Kier alpha value is -0.370. The van der Waals surface area contributed by atoms with Gasteiger partial charge in [-0.05, 0) is 26.7 Å². The molecule has 0 saturated heterocycles. The summed E-state index contributed by atoms with van der Waals surface area (Å²) in [4.78, 5) is 10.8. The quantitative estimate of drug-likeness (QED) is 0.595. The van der Waals surface area contributed by atoms with Crippen molar-refractivity contribution in [2.75, 3.05) is 0 Å². The molecule has 2 nitrogen and oxygen atoms in total. The number of hydrogen-bond acceptors (Lipinski definition) is 2. The first-order valence-electron chi connectivity index (χ1n) is 3.29. The lowest BCUT2D eigenvalue weighted by Gasteiger charge is -2.13. The second-order valence-corrected chi connectivity index (χ2v) is 2.89. The zero-order chi connectivity index (χ0) is 7.07. The molecule has 52 valence electrons. The maximum Gasteiger partial charge on any atom is 0.138 e. The number of carbonyl (C=O) groups excluding carboxylic acids is 1. The van der Waals surface area contributed by atoms with Gasteiger partial charge < -0.3 is 5.11 Å².